The highest BCUT2D eigenvalue weighted by Gasteiger charge is 2.53. The highest BCUT2D eigenvalue weighted by atomic mass is 16.7. The molecule has 0 radical (unpaired) electrons. The van der Waals surface area contributed by atoms with E-state index in [9.17, 15) is 9.59 Å². The Kier molecular flexibility index (Phi) is 12.9. The van der Waals surface area contributed by atoms with Crippen molar-refractivity contribution in [1.82, 2.24) is 0 Å². The average Bonchev–Trinajstić information content (AvgIpc) is 3.67. The molecular formula is C41H66O9. The van der Waals surface area contributed by atoms with Crippen LogP contribution in [-0.4, -0.2) is 80.8 Å². The molecule has 0 aromatic heterocycles. The molecule has 9 nitrogen and oxygen atoms in total. The van der Waals surface area contributed by atoms with Gasteiger partial charge in [-0.05, 0) is 120 Å². The van der Waals surface area contributed by atoms with Crippen LogP contribution in [0.4, 0.5) is 0 Å². The maximum absolute atomic E-state index is 14.6. The van der Waals surface area contributed by atoms with Crippen molar-refractivity contribution >= 4 is 11.8 Å². The largest absolute Gasteiger partial charge is 0.462 e. The van der Waals surface area contributed by atoms with Crippen LogP contribution in [-0.2, 0) is 42.7 Å². The number of Topliss-reactive ketones (excluding diaryl/α,β-unsaturated/α-hetero) is 1. The van der Waals surface area contributed by atoms with Gasteiger partial charge in [-0.3, -0.25) is 9.59 Å². The summed E-state index contributed by atoms with van der Waals surface area (Å²) in [6.45, 7) is 15.4. The quantitative estimate of drug-likeness (QED) is 0.239. The number of cyclic esters (lactones) is 1. The average molecular weight is 703 g/mol. The Labute approximate surface area is 301 Å². The van der Waals surface area contributed by atoms with E-state index in [0.717, 1.165) is 69.8 Å². The van der Waals surface area contributed by atoms with E-state index in [4.69, 9.17) is 33.2 Å². The number of fused-ring (bicyclic) bond motifs is 5. The van der Waals surface area contributed by atoms with Crippen LogP contribution in [0.2, 0.25) is 0 Å². The Hall–Kier alpha value is -1.36. The molecule has 50 heavy (non-hydrogen) atoms. The SMILES string of the molecule is CCO[C@@H]1[C@@H](C)[C@H](C)O[C@@H](O[C@@H]2C[C@H]3CC[C@@H]4[C@@H](C=C5C(=O)[C@H](C)C(O[C@H]6CC[C@H](C)[C@@H](C)O6)CCC[C@H](CC)OC(=O)C[C@H]54)[C@@H]3C2)[C@@H]1OC. The molecule has 3 heterocycles. The van der Waals surface area contributed by atoms with E-state index in [0.29, 0.717) is 24.4 Å². The summed E-state index contributed by atoms with van der Waals surface area (Å²) in [5.74, 6) is 1.62. The third-order valence-corrected chi connectivity index (χ3v) is 13.8. The Balaban J connectivity index is 1.21. The summed E-state index contributed by atoms with van der Waals surface area (Å²) in [4.78, 5) is 28.1. The van der Waals surface area contributed by atoms with Crippen LogP contribution in [0.5, 0.6) is 0 Å². The molecule has 3 saturated heterocycles. The summed E-state index contributed by atoms with van der Waals surface area (Å²) >= 11 is 0. The molecular weight excluding hydrogens is 636 g/mol. The van der Waals surface area contributed by atoms with Crippen molar-refractivity contribution in [1.29, 1.82) is 0 Å². The topological polar surface area (TPSA) is 98.8 Å². The summed E-state index contributed by atoms with van der Waals surface area (Å²) < 4.78 is 44.3. The molecule has 1 unspecified atom stereocenters. The van der Waals surface area contributed by atoms with Crippen molar-refractivity contribution < 1.29 is 42.7 Å². The lowest BCUT2D eigenvalue weighted by Gasteiger charge is -2.44. The lowest BCUT2D eigenvalue weighted by molar-refractivity contribution is -0.302. The van der Waals surface area contributed by atoms with Gasteiger partial charge < -0.3 is 33.2 Å². The second-order valence-electron chi connectivity index (χ2n) is 16.7. The first-order chi connectivity index (χ1) is 24.0. The lowest BCUT2D eigenvalue weighted by Crippen LogP contribution is -2.56. The van der Waals surface area contributed by atoms with E-state index in [1.165, 1.54) is 0 Å². The predicted molar refractivity (Wildman–Crippen MR) is 189 cm³/mol. The molecule has 0 bridgehead atoms. The predicted octanol–water partition coefficient (Wildman–Crippen LogP) is 7.43. The zero-order valence-corrected chi connectivity index (χ0v) is 32.1. The van der Waals surface area contributed by atoms with Crippen molar-refractivity contribution in [3.8, 4) is 0 Å². The van der Waals surface area contributed by atoms with Gasteiger partial charge >= 0.3 is 5.97 Å². The maximum Gasteiger partial charge on any atom is 0.306 e. The number of ether oxygens (including phenoxy) is 7. The number of carbonyl (C=O) groups is 2. The fourth-order valence-electron chi connectivity index (χ4n) is 10.4. The monoisotopic (exact) mass is 702 g/mol. The van der Waals surface area contributed by atoms with Crippen LogP contribution < -0.4 is 0 Å². The number of rotatable bonds is 8. The second-order valence-corrected chi connectivity index (χ2v) is 16.7. The first kappa shape index (κ1) is 38.4. The third kappa shape index (κ3) is 8.08. The zero-order chi connectivity index (χ0) is 35.7. The normalized spacial score (nSPS) is 47.3. The highest BCUT2D eigenvalue weighted by molar-refractivity contribution is 5.99. The molecule has 0 spiro atoms. The molecule has 0 aromatic rings. The van der Waals surface area contributed by atoms with Gasteiger partial charge in [0.2, 0.25) is 0 Å². The molecule has 9 heteroatoms. The standard InChI is InChI=1S/C41H66O9/c1-9-28-12-11-13-35(50-37-17-14-22(3)25(6)46-37)24(5)38(43)34-20-32-30(33(34)21-36(42)48-28)16-15-27-18-29(19-31(27)32)49-41-40(44-8)39(45-10-2)23(4)26(7)47-41/h20,22-33,35,37,39-41H,9-19,21H2,1-8H3/t22-,23-,24+,25+,26-,27+,28-,29+,30+,31+,32+,33-,35?,37-,39+,40+,41-/m0/s1. The van der Waals surface area contributed by atoms with Crippen LogP contribution in [0.3, 0.4) is 0 Å². The van der Waals surface area contributed by atoms with Crippen molar-refractivity contribution in [3.63, 3.8) is 0 Å². The van der Waals surface area contributed by atoms with Crippen molar-refractivity contribution in [2.24, 2.45) is 47.3 Å². The molecule has 2 saturated carbocycles. The molecule has 6 aliphatic rings. The van der Waals surface area contributed by atoms with E-state index in [2.05, 4.69) is 40.7 Å². The molecule has 5 fully saturated rings. The molecule has 0 aromatic carbocycles. The van der Waals surface area contributed by atoms with Crippen molar-refractivity contribution in [2.45, 2.75) is 174 Å². The summed E-state index contributed by atoms with van der Waals surface area (Å²) in [6.07, 6.45) is 10.2. The maximum atomic E-state index is 14.6. The van der Waals surface area contributed by atoms with Gasteiger partial charge in [0, 0.05) is 31.5 Å². The fourth-order valence-corrected chi connectivity index (χ4v) is 10.4. The van der Waals surface area contributed by atoms with Crippen LogP contribution >= 0.6 is 0 Å². The minimum atomic E-state index is -0.486. The summed E-state index contributed by atoms with van der Waals surface area (Å²) in [5, 5.41) is 0. The van der Waals surface area contributed by atoms with Crippen molar-refractivity contribution in [3.05, 3.63) is 11.6 Å². The summed E-state index contributed by atoms with van der Waals surface area (Å²) in [6, 6.07) is 0. The van der Waals surface area contributed by atoms with Gasteiger partial charge in [0.25, 0.3) is 0 Å². The molecule has 6 rings (SSSR count). The van der Waals surface area contributed by atoms with Gasteiger partial charge in [-0.2, -0.15) is 0 Å². The Morgan fingerprint density at radius 3 is 2.36 bits per heavy atom. The van der Waals surface area contributed by atoms with Crippen LogP contribution in [0.1, 0.15) is 119 Å². The van der Waals surface area contributed by atoms with E-state index >= 15 is 0 Å². The fraction of sp³-hybridized carbons (Fsp3) is 0.902. The number of methoxy groups -OCH3 is 1. The minimum absolute atomic E-state index is 0.00218. The third-order valence-electron chi connectivity index (χ3n) is 13.8. The second kappa shape index (κ2) is 16.8. The molecule has 284 valence electrons. The minimum Gasteiger partial charge on any atom is -0.462 e. The van der Waals surface area contributed by atoms with Gasteiger partial charge in [-0.1, -0.05) is 33.8 Å². The number of hydrogen-bond donors (Lipinski definition) is 0. The van der Waals surface area contributed by atoms with Crippen LogP contribution in [0.25, 0.3) is 0 Å². The Bertz CT molecular complexity index is 1190. The van der Waals surface area contributed by atoms with Gasteiger partial charge in [0.15, 0.2) is 18.4 Å². The number of allylic oxidation sites excluding steroid dienone is 2. The van der Waals surface area contributed by atoms with E-state index in [1.807, 2.05) is 13.8 Å². The molecule has 3 aliphatic carbocycles. The Morgan fingerprint density at radius 1 is 0.840 bits per heavy atom. The van der Waals surface area contributed by atoms with E-state index < -0.39 is 6.29 Å². The summed E-state index contributed by atoms with van der Waals surface area (Å²) in [7, 11) is 1.72. The number of carbonyl (C=O) groups excluding carboxylic acids is 2. The molecule has 17 atom stereocenters. The number of esters is 1. The molecule has 0 amide bonds. The summed E-state index contributed by atoms with van der Waals surface area (Å²) in [5.41, 5.74) is 0.834. The first-order valence-corrected chi connectivity index (χ1v) is 20.2. The number of hydrogen-bond acceptors (Lipinski definition) is 9. The van der Waals surface area contributed by atoms with Crippen LogP contribution in [0, 0.1) is 47.3 Å². The first-order valence-electron chi connectivity index (χ1n) is 20.2. The zero-order valence-electron chi connectivity index (χ0n) is 32.1. The van der Waals surface area contributed by atoms with Gasteiger partial charge in [-0.15, -0.1) is 0 Å². The molecule has 0 N–H and O–H groups in total. The highest BCUT2D eigenvalue weighted by Crippen LogP contribution is 2.57. The molecule has 3 aliphatic heterocycles. The smallest absolute Gasteiger partial charge is 0.306 e. The van der Waals surface area contributed by atoms with E-state index in [1.54, 1.807) is 7.11 Å². The van der Waals surface area contributed by atoms with Gasteiger partial charge in [-0.25, -0.2) is 0 Å². The Morgan fingerprint density at radius 2 is 1.64 bits per heavy atom. The van der Waals surface area contributed by atoms with E-state index in [-0.39, 0.29) is 96.8 Å². The number of ketones is 1. The van der Waals surface area contributed by atoms with Crippen LogP contribution in [0.15, 0.2) is 11.6 Å². The van der Waals surface area contributed by atoms with Gasteiger partial charge in [0.1, 0.15) is 12.2 Å². The lowest BCUT2D eigenvalue weighted by atomic mass is 9.66. The van der Waals surface area contributed by atoms with Crippen molar-refractivity contribution in [2.75, 3.05) is 13.7 Å². The van der Waals surface area contributed by atoms with Gasteiger partial charge in [0.05, 0.1) is 36.9 Å².